The van der Waals surface area contributed by atoms with Gasteiger partial charge >= 0.3 is 0 Å². The fourth-order valence-electron chi connectivity index (χ4n) is 2.16. The van der Waals surface area contributed by atoms with Crippen molar-refractivity contribution < 1.29 is 4.92 Å². The zero-order chi connectivity index (χ0) is 14.8. The second kappa shape index (κ2) is 5.20. The summed E-state index contributed by atoms with van der Waals surface area (Å²) in [6.45, 7) is 2.45. The second-order valence-electron chi connectivity index (χ2n) is 4.73. The van der Waals surface area contributed by atoms with E-state index in [1.807, 2.05) is 25.1 Å². The molecule has 1 aromatic carbocycles. The zero-order valence-electron chi connectivity index (χ0n) is 11.4. The molecule has 7 nitrogen and oxygen atoms in total. The van der Waals surface area contributed by atoms with E-state index in [2.05, 4.69) is 15.4 Å². The number of pyridine rings is 1. The number of non-ortho nitro benzene ring substituents is 1. The van der Waals surface area contributed by atoms with Gasteiger partial charge < -0.3 is 5.32 Å². The molecule has 0 fully saturated rings. The molecule has 1 N–H and O–H groups in total. The molecule has 21 heavy (non-hydrogen) atoms. The summed E-state index contributed by atoms with van der Waals surface area (Å²) in [5, 5.41) is 18.2. The smallest absolute Gasteiger partial charge is 0.269 e. The first-order chi connectivity index (χ1) is 10.1. The van der Waals surface area contributed by atoms with Gasteiger partial charge in [0.25, 0.3) is 5.69 Å². The lowest BCUT2D eigenvalue weighted by Gasteiger charge is -2.09. The molecule has 0 saturated carbocycles. The fraction of sp³-hybridized carbons (Fsp3) is 0.143. The van der Waals surface area contributed by atoms with Crippen molar-refractivity contribution in [2.75, 3.05) is 5.32 Å². The predicted octanol–water partition coefficient (Wildman–Crippen LogP) is 2.56. The molecule has 3 rings (SSSR count). The van der Waals surface area contributed by atoms with Crippen molar-refractivity contribution >= 4 is 17.2 Å². The van der Waals surface area contributed by atoms with Crippen molar-refractivity contribution in [3.63, 3.8) is 0 Å². The first-order valence-electron chi connectivity index (χ1n) is 6.41. The number of fused-ring (bicyclic) bond motifs is 1. The Morgan fingerprint density at radius 3 is 3.00 bits per heavy atom. The number of hydrogen-bond acceptors (Lipinski definition) is 5. The summed E-state index contributed by atoms with van der Waals surface area (Å²) in [4.78, 5) is 14.5. The molecule has 0 aliphatic heterocycles. The molecule has 0 saturated heterocycles. The summed E-state index contributed by atoms with van der Waals surface area (Å²) >= 11 is 0. The van der Waals surface area contributed by atoms with E-state index >= 15 is 0 Å². The van der Waals surface area contributed by atoms with Gasteiger partial charge in [-0.1, -0.05) is 12.1 Å². The van der Waals surface area contributed by atoms with Crippen LogP contribution in [0.2, 0.25) is 0 Å². The third kappa shape index (κ3) is 2.66. The highest BCUT2D eigenvalue weighted by molar-refractivity contribution is 5.51. The Morgan fingerprint density at radius 2 is 2.19 bits per heavy atom. The van der Waals surface area contributed by atoms with Crippen LogP contribution in [0.25, 0.3) is 5.65 Å². The number of rotatable bonds is 4. The van der Waals surface area contributed by atoms with E-state index in [9.17, 15) is 10.1 Å². The van der Waals surface area contributed by atoms with E-state index in [0.29, 0.717) is 6.54 Å². The van der Waals surface area contributed by atoms with Gasteiger partial charge in [0.1, 0.15) is 12.1 Å². The standard InChI is InChI=1S/C14H13N5O2/c1-10-5-13(18-14(6-10)16-9-17-18)15-8-11-3-2-4-12(7-11)19(20)21/h2-7,9,15H,8H2,1H3. The molecule has 0 amide bonds. The maximum absolute atomic E-state index is 10.8. The van der Waals surface area contributed by atoms with Crippen LogP contribution >= 0.6 is 0 Å². The quantitative estimate of drug-likeness (QED) is 0.587. The van der Waals surface area contributed by atoms with Gasteiger partial charge in [-0.15, -0.1) is 0 Å². The lowest BCUT2D eigenvalue weighted by Crippen LogP contribution is -2.05. The van der Waals surface area contributed by atoms with Crippen LogP contribution in [0.3, 0.4) is 0 Å². The molecular weight excluding hydrogens is 270 g/mol. The first kappa shape index (κ1) is 13.0. The molecular formula is C14H13N5O2. The molecule has 0 aliphatic rings. The highest BCUT2D eigenvalue weighted by Gasteiger charge is 2.07. The number of hydrogen-bond donors (Lipinski definition) is 1. The normalized spacial score (nSPS) is 10.7. The van der Waals surface area contributed by atoms with Crippen molar-refractivity contribution in [2.45, 2.75) is 13.5 Å². The Balaban J connectivity index is 1.85. The number of benzene rings is 1. The number of aromatic nitrogens is 3. The minimum absolute atomic E-state index is 0.0874. The van der Waals surface area contributed by atoms with Crippen LogP contribution in [-0.4, -0.2) is 19.5 Å². The van der Waals surface area contributed by atoms with E-state index in [-0.39, 0.29) is 5.69 Å². The van der Waals surface area contributed by atoms with Gasteiger partial charge in [-0.3, -0.25) is 10.1 Å². The Labute approximate surface area is 120 Å². The number of nitrogens with zero attached hydrogens (tertiary/aromatic N) is 4. The van der Waals surface area contributed by atoms with Crippen LogP contribution < -0.4 is 5.32 Å². The Hall–Kier alpha value is -2.96. The summed E-state index contributed by atoms with van der Waals surface area (Å²) in [7, 11) is 0. The summed E-state index contributed by atoms with van der Waals surface area (Å²) in [5.41, 5.74) is 2.75. The Morgan fingerprint density at radius 1 is 1.33 bits per heavy atom. The summed E-state index contributed by atoms with van der Waals surface area (Å²) in [6, 6.07) is 10.4. The fourth-order valence-corrected chi connectivity index (χ4v) is 2.16. The minimum Gasteiger partial charge on any atom is -0.366 e. The summed E-state index contributed by atoms with van der Waals surface area (Å²) in [6.07, 6.45) is 1.49. The molecule has 0 radical (unpaired) electrons. The lowest BCUT2D eigenvalue weighted by atomic mass is 10.2. The number of nitro groups is 1. The van der Waals surface area contributed by atoms with E-state index in [1.54, 1.807) is 16.6 Å². The van der Waals surface area contributed by atoms with Crippen LogP contribution in [0.4, 0.5) is 11.5 Å². The van der Waals surface area contributed by atoms with Gasteiger partial charge in [-0.2, -0.15) is 9.61 Å². The molecule has 2 aromatic heterocycles. The predicted molar refractivity (Wildman–Crippen MR) is 78.1 cm³/mol. The number of nitro benzene ring substituents is 1. The van der Waals surface area contributed by atoms with Gasteiger partial charge in [-0.05, 0) is 30.2 Å². The van der Waals surface area contributed by atoms with E-state index < -0.39 is 4.92 Å². The van der Waals surface area contributed by atoms with Gasteiger partial charge in [0.05, 0.1) is 4.92 Å². The maximum atomic E-state index is 10.8. The molecule has 2 heterocycles. The zero-order valence-corrected chi connectivity index (χ0v) is 11.4. The van der Waals surface area contributed by atoms with Crippen molar-refractivity contribution in [3.8, 4) is 0 Å². The molecule has 0 atom stereocenters. The molecule has 3 aromatic rings. The van der Waals surface area contributed by atoms with Crippen molar-refractivity contribution in [2.24, 2.45) is 0 Å². The van der Waals surface area contributed by atoms with Gasteiger partial charge in [-0.25, -0.2) is 4.98 Å². The van der Waals surface area contributed by atoms with Crippen LogP contribution in [-0.2, 0) is 6.54 Å². The molecule has 0 aliphatic carbocycles. The maximum Gasteiger partial charge on any atom is 0.269 e. The third-order valence-electron chi connectivity index (χ3n) is 3.12. The van der Waals surface area contributed by atoms with E-state index in [4.69, 9.17) is 0 Å². The third-order valence-corrected chi connectivity index (χ3v) is 3.12. The van der Waals surface area contributed by atoms with Crippen LogP contribution in [0.15, 0.2) is 42.7 Å². The molecule has 106 valence electrons. The lowest BCUT2D eigenvalue weighted by molar-refractivity contribution is -0.384. The minimum atomic E-state index is -0.397. The van der Waals surface area contributed by atoms with Crippen molar-refractivity contribution in [1.82, 2.24) is 14.6 Å². The number of nitrogens with one attached hydrogen (secondary N) is 1. The number of anilines is 1. The largest absolute Gasteiger partial charge is 0.366 e. The second-order valence-corrected chi connectivity index (χ2v) is 4.73. The van der Waals surface area contributed by atoms with Crippen LogP contribution in [0.5, 0.6) is 0 Å². The molecule has 0 unspecified atom stereocenters. The monoisotopic (exact) mass is 283 g/mol. The average molecular weight is 283 g/mol. The van der Waals surface area contributed by atoms with Gasteiger partial charge in [0, 0.05) is 18.7 Å². The van der Waals surface area contributed by atoms with Gasteiger partial charge in [0.15, 0.2) is 5.65 Å². The topological polar surface area (TPSA) is 85.4 Å². The molecule has 7 heteroatoms. The van der Waals surface area contributed by atoms with Gasteiger partial charge in [0.2, 0.25) is 0 Å². The highest BCUT2D eigenvalue weighted by atomic mass is 16.6. The summed E-state index contributed by atoms with van der Waals surface area (Å²) < 4.78 is 1.70. The van der Waals surface area contributed by atoms with Crippen molar-refractivity contribution in [3.05, 3.63) is 64.0 Å². The van der Waals surface area contributed by atoms with Crippen LogP contribution in [0.1, 0.15) is 11.1 Å². The number of aryl methyl sites for hydroxylation is 1. The molecule has 0 spiro atoms. The Bertz CT molecular complexity index is 812. The van der Waals surface area contributed by atoms with Crippen LogP contribution in [0, 0.1) is 17.0 Å². The SMILES string of the molecule is Cc1cc(NCc2cccc([N+](=O)[O-])c2)n2ncnc2c1. The summed E-state index contributed by atoms with van der Waals surface area (Å²) in [5.74, 6) is 0.800. The average Bonchev–Trinajstić information content (AvgIpc) is 2.93. The Kier molecular flexibility index (Phi) is 3.23. The van der Waals surface area contributed by atoms with E-state index in [1.165, 1.54) is 12.4 Å². The molecule has 0 bridgehead atoms. The first-order valence-corrected chi connectivity index (χ1v) is 6.41. The van der Waals surface area contributed by atoms with E-state index in [0.717, 1.165) is 22.6 Å². The van der Waals surface area contributed by atoms with Crippen molar-refractivity contribution in [1.29, 1.82) is 0 Å². The highest BCUT2D eigenvalue weighted by Crippen LogP contribution is 2.17.